The highest BCUT2D eigenvalue weighted by molar-refractivity contribution is 9.10. The average Bonchev–Trinajstić information content (AvgIpc) is 2.33. The van der Waals surface area contributed by atoms with Gasteiger partial charge in [0.15, 0.2) is 0 Å². The highest BCUT2D eigenvalue weighted by Gasteiger charge is 2.33. The van der Waals surface area contributed by atoms with E-state index in [0.29, 0.717) is 4.47 Å². The van der Waals surface area contributed by atoms with Gasteiger partial charge in [-0.15, -0.1) is 0 Å². The molecule has 0 saturated heterocycles. The van der Waals surface area contributed by atoms with Gasteiger partial charge in [-0.05, 0) is 25.1 Å². The Labute approximate surface area is 117 Å². The number of methoxy groups -OCH3 is 1. The Morgan fingerprint density at radius 3 is 2.53 bits per heavy atom. The van der Waals surface area contributed by atoms with Crippen LogP contribution in [0.15, 0.2) is 22.7 Å². The number of benzene rings is 1. The van der Waals surface area contributed by atoms with Crippen LogP contribution in [0.5, 0.6) is 5.75 Å². The molecule has 1 aromatic rings. The molecule has 1 aromatic carbocycles. The molecule has 0 heterocycles. The van der Waals surface area contributed by atoms with E-state index in [1.54, 1.807) is 6.07 Å². The first kappa shape index (κ1) is 15.8. The van der Waals surface area contributed by atoms with Crippen LogP contribution in [0.1, 0.15) is 17.3 Å². The molecular formula is C12H13BrF3NO2. The first-order chi connectivity index (χ1) is 8.78. The fourth-order valence-electron chi connectivity index (χ4n) is 1.56. The molecule has 106 valence electrons. The summed E-state index contributed by atoms with van der Waals surface area (Å²) in [4.78, 5) is 12.8. The van der Waals surface area contributed by atoms with Crippen molar-refractivity contribution < 1.29 is 22.7 Å². The molecular weight excluding hydrogens is 327 g/mol. The fraction of sp³-hybridized carbons (Fsp3) is 0.417. The number of ether oxygens (including phenoxy) is 1. The molecule has 19 heavy (non-hydrogen) atoms. The van der Waals surface area contributed by atoms with E-state index in [1.807, 2.05) is 0 Å². The van der Waals surface area contributed by atoms with Gasteiger partial charge in [0.05, 0.1) is 12.7 Å². The smallest absolute Gasteiger partial charge is 0.406 e. The van der Waals surface area contributed by atoms with Gasteiger partial charge < -0.3 is 9.64 Å². The fourth-order valence-corrected chi connectivity index (χ4v) is 1.90. The predicted molar refractivity (Wildman–Crippen MR) is 68.3 cm³/mol. The molecule has 7 heteroatoms. The average molecular weight is 340 g/mol. The minimum atomic E-state index is -4.42. The third-order valence-corrected chi connectivity index (χ3v) is 2.93. The van der Waals surface area contributed by atoms with Crippen molar-refractivity contribution in [3.63, 3.8) is 0 Å². The lowest BCUT2D eigenvalue weighted by Gasteiger charge is -2.23. The van der Waals surface area contributed by atoms with E-state index < -0.39 is 18.6 Å². The minimum absolute atomic E-state index is 0.0302. The quantitative estimate of drug-likeness (QED) is 0.840. The highest BCUT2D eigenvalue weighted by Crippen LogP contribution is 2.26. The monoisotopic (exact) mass is 339 g/mol. The van der Waals surface area contributed by atoms with Gasteiger partial charge in [-0.3, -0.25) is 4.79 Å². The molecule has 3 nitrogen and oxygen atoms in total. The number of amides is 1. The number of hydrogen-bond acceptors (Lipinski definition) is 2. The maximum Gasteiger partial charge on any atom is 0.406 e. The second-order valence-corrected chi connectivity index (χ2v) is 4.69. The highest BCUT2D eigenvalue weighted by atomic mass is 79.9. The Morgan fingerprint density at radius 2 is 2.05 bits per heavy atom. The Morgan fingerprint density at radius 1 is 1.42 bits per heavy atom. The zero-order chi connectivity index (χ0) is 14.6. The van der Waals surface area contributed by atoms with Crippen LogP contribution >= 0.6 is 15.9 Å². The minimum Gasteiger partial charge on any atom is -0.496 e. The summed E-state index contributed by atoms with van der Waals surface area (Å²) in [6.07, 6.45) is -4.42. The lowest BCUT2D eigenvalue weighted by atomic mass is 10.1. The van der Waals surface area contributed by atoms with Crippen LogP contribution in [0.4, 0.5) is 13.2 Å². The van der Waals surface area contributed by atoms with Gasteiger partial charge in [-0.1, -0.05) is 15.9 Å². The number of alkyl halides is 3. The Kier molecular flexibility index (Phi) is 5.22. The lowest BCUT2D eigenvalue weighted by molar-refractivity contribution is -0.140. The molecule has 0 aliphatic carbocycles. The van der Waals surface area contributed by atoms with E-state index >= 15 is 0 Å². The summed E-state index contributed by atoms with van der Waals surface area (Å²) in [6, 6.07) is 4.55. The third-order valence-electron chi connectivity index (χ3n) is 2.43. The molecule has 0 aliphatic rings. The van der Waals surface area contributed by atoms with Crippen LogP contribution in [0.25, 0.3) is 0 Å². The number of hydrogen-bond donors (Lipinski definition) is 0. The third kappa shape index (κ3) is 4.41. The maximum atomic E-state index is 12.4. The summed E-state index contributed by atoms with van der Waals surface area (Å²) in [7, 11) is 1.36. The van der Waals surface area contributed by atoms with Crippen molar-refractivity contribution in [2.45, 2.75) is 13.1 Å². The second-order valence-electron chi connectivity index (χ2n) is 3.78. The summed E-state index contributed by atoms with van der Waals surface area (Å²) in [6.45, 7) is 0.189. The molecule has 0 unspecified atom stereocenters. The summed E-state index contributed by atoms with van der Waals surface area (Å²) >= 11 is 3.20. The SMILES string of the molecule is CCN(CC(F)(F)F)C(=O)c1ccc(Br)cc1OC. The molecule has 1 rings (SSSR count). The first-order valence-electron chi connectivity index (χ1n) is 5.48. The largest absolute Gasteiger partial charge is 0.496 e. The number of carbonyl (C=O) groups is 1. The number of rotatable bonds is 4. The standard InChI is InChI=1S/C12H13BrF3NO2/c1-3-17(7-12(14,15)16)11(18)9-5-4-8(13)6-10(9)19-2/h4-6H,3,7H2,1-2H3. The number of halogens is 4. The predicted octanol–water partition coefficient (Wildman–Crippen LogP) is 3.48. The lowest BCUT2D eigenvalue weighted by Crippen LogP contribution is -2.38. The van der Waals surface area contributed by atoms with Gasteiger partial charge in [0.25, 0.3) is 5.91 Å². The summed E-state index contributed by atoms with van der Waals surface area (Å²) in [5, 5.41) is 0. The van der Waals surface area contributed by atoms with E-state index in [1.165, 1.54) is 26.2 Å². The number of carbonyl (C=O) groups excluding carboxylic acids is 1. The van der Waals surface area contributed by atoms with Gasteiger partial charge in [0, 0.05) is 11.0 Å². The van der Waals surface area contributed by atoms with Crippen molar-refractivity contribution in [2.24, 2.45) is 0 Å². The van der Waals surface area contributed by atoms with Gasteiger partial charge in [0.2, 0.25) is 0 Å². The van der Waals surface area contributed by atoms with Crippen LogP contribution < -0.4 is 4.74 Å². The summed E-state index contributed by atoms with van der Waals surface area (Å²) in [5.41, 5.74) is 0.108. The van der Waals surface area contributed by atoms with Crippen LogP contribution in [0.2, 0.25) is 0 Å². The van der Waals surface area contributed by atoms with Crippen molar-refractivity contribution in [3.05, 3.63) is 28.2 Å². The van der Waals surface area contributed by atoms with Gasteiger partial charge in [0.1, 0.15) is 12.3 Å². The van der Waals surface area contributed by atoms with Crippen molar-refractivity contribution in [3.8, 4) is 5.75 Å². The first-order valence-corrected chi connectivity index (χ1v) is 6.27. The summed E-state index contributed by atoms with van der Waals surface area (Å²) in [5.74, 6) is -0.468. The van der Waals surface area contributed by atoms with E-state index in [-0.39, 0.29) is 17.9 Å². The van der Waals surface area contributed by atoms with Crippen molar-refractivity contribution >= 4 is 21.8 Å². The molecule has 0 atom stereocenters. The second kappa shape index (κ2) is 6.27. The zero-order valence-corrected chi connectivity index (χ0v) is 12.0. The van der Waals surface area contributed by atoms with E-state index in [0.717, 1.165) is 4.90 Å². The van der Waals surface area contributed by atoms with Crippen molar-refractivity contribution in [2.75, 3.05) is 20.2 Å². The van der Waals surface area contributed by atoms with Crippen molar-refractivity contribution in [1.29, 1.82) is 0 Å². The molecule has 0 radical (unpaired) electrons. The molecule has 0 spiro atoms. The van der Waals surface area contributed by atoms with Crippen LogP contribution in [-0.2, 0) is 0 Å². The molecule has 0 aliphatic heterocycles. The molecule has 0 bridgehead atoms. The van der Waals surface area contributed by atoms with E-state index in [2.05, 4.69) is 15.9 Å². The van der Waals surface area contributed by atoms with Gasteiger partial charge in [-0.2, -0.15) is 13.2 Å². The molecule has 0 aromatic heterocycles. The topological polar surface area (TPSA) is 29.5 Å². The van der Waals surface area contributed by atoms with Crippen LogP contribution in [-0.4, -0.2) is 37.2 Å². The van der Waals surface area contributed by atoms with Gasteiger partial charge in [-0.25, -0.2) is 0 Å². The Hall–Kier alpha value is -1.24. The zero-order valence-electron chi connectivity index (χ0n) is 10.4. The number of nitrogens with zero attached hydrogens (tertiary/aromatic N) is 1. The maximum absolute atomic E-state index is 12.4. The molecule has 1 amide bonds. The Bertz CT molecular complexity index is 463. The summed E-state index contributed by atoms with van der Waals surface area (Å²) < 4.78 is 42.8. The normalized spacial score (nSPS) is 11.3. The van der Waals surface area contributed by atoms with E-state index in [9.17, 15) is 18.0 Å². The molecule has 0 saturated carbocycles. The van der Waals surface area contributed by atoms with Crippen LogP contribution in [0, 0.1) is 0 Å². The molecule has 0 fully saturated rings. The Balaban J connectivity index is 3.04. The molecule has 0 N–H and O–H groups in total. The van der Waals surface area contributed by atoms with Crippen LogP contribution in [0.3, 0.4) is 0 Å². The van der Waals surface area contributed by atoms with Gasteiger partial charge >= 0.3 is 6.18 Å². The van der Waals surface area contributed by atoms with E-state index in [4.69, 9.17) is 4.74 Å². The van der Waals surface area contributed by atoms with Crippen molar-refractivity contribution in [1.82, 2.24) is 4.90 Å².